The molecule has 1 aromatic carbocycles. The fraction of sp³-hybridized carbons (Fsp3) is 0.348. The van der Waals surface area contributed by atoms with E-state index in [9.17, 15) is 9.65 Å². The number of nitrogens with zero attached hydrogens (tertiary/aromatic N) is 6. The van der Waals surface area contributed by atoms with E-state index in [-0.39, 0.29) is 12.1 Å². The number of hydrogen-bond acceptors (Lipinski definition) is 6. The van der Waals surface area contributed by atoms with Crippen LogP contribution >= 0.6 is 0 Å². The van der Waals surface area contributed by atoms with Crippen LogP contribution in [0.4, 0.5) is 10.1 Å². The largest absolute Gasteiger partial charge is 0.371 e. The van der Waals surface area contributed by atoms with Crippen LogP contribution in [0.1, 0.15) is 36.0 Å². The lowest BCUT2D eigenvalue weighted by molar-refractivity contribution is 0.0278. The molecule has 9 heteroatoms. The van der Waals surface area contributed by atoms with Crippen LogP contribution in [-0.2, 0) is 11.3 Å². The fourth-order valence-electron chi connectivity index (χ4n) is 4.89. The average molecular weight is 431 g/mol. The molecule has 32 heavy (non-hydrogen) atoms. The summed E-state index contributed by atoms with van der Waals surface area (Å²) in [7, 11) is 0. The van der Waals surface area contributed by atoms with Crippen LogP contribution in [0.5, 0.6) is 0 Å². The van der Waals surface area contributed by atoms with Crippen LogP contribution in [0.25, 0.3) is 16.4 Å². The Morgan fingerprint density at radius 3 is 3.00 bits per heavy atom. The van der Waals surface area contributed by atoms with E-state index in [4.69, 9.17) is 9.84 Å². The molecule has 2 aliphatic rings. The number of halogens is 1. The van der Waals surface area contributed by atoms with Gasteiger partial charge in [0.2, 0.25) is 0 Å². The molecule has 1 N–H and O–H groups in total. The van der Waals surface area contributed by atoms with Crippen LogP contribution in [0.3, 0.4) is 0 Å². The van der Waals surface area contributed by atoms with E-state index >= 15 is 0 Å². The van der Waals surface area contributed by atoms with Gasteiger partial charge >= 0.3 is 0 Å². The third-order valence-electron chi connectivity index (χ3n) is 6.42. The van der Waals surface area contributed by atoms with Crippen molar-refractivity contribution in [3.8, 4) is 6.07 Å². The number of pyridine rings is 1. The Balaban J connectivity index is 1.41. The van der Waals surface area contributed by atoms with Crippen molar-refractivity contribution in [2.24, 2.45) is 0 Å². The van der Waals surface area contributed by atoms with Crippen molar-refractivity contribution in [2.75, 3.05) is 31.1 Å². The molecule has 5 heterocycles. The molecule has 0 spiro atoms. The van der Waals surface area contributed by atoms with Crippen LogP contribution in [-0.4, -0.2) is 45.6 Å². The van der Waals surface area contributed by atoms with Crippen molar-refractivity contribution in [3.05, 3.63) is 59.3 Å². The first-order chi connectivity index (χ1) is 15.6. The first-order valence-corrected chi connectivity index (χ1v) is 10.8. The van der Waals surface area contributed by atoms with Crippen molar-refractivity contribution < 1.29 is 9.13 Å². The Hall–Kier alpha value is -3.48. The molecule has 4 aromatic rings. The third kappa shape index (κ3) is 2.87. The predicted octanol–water partition coefficient (Wildman–Crippen LogP) is 2.94. The van der Waals surface area contributed by atoms with Gasteiger partial charge in [0.05, 0.1) is 48.4 Å². The first-order valence-electron chi connectivity index (χ1n) is 10.8. The molecule has 1 fully saturated rings. The van der Waals surface area contributed by atoms with E-state index in [0.717, 1.165) is 47.1 Å². The highest BCUT2D eigenvalue weighted by atomic mass is 19.1. The van der Waals surface area contributed by atoms with E-state index in [1.165, 1.54) is 4.52 Å². The summed E-state index contributed by atoms with van der Waals surface area (Å²) in [5.41, 5.74) is 4.53. The van der Waals surface area contributed by atoms with Crippen molar-refractivity contribution in [1.29, 1.82) is 5.26 Å². The van der Waals surface area contributed by atoms with Crippen molar-refractivity contribution in [3.63, 3.8) is 0 Å². The van der Waals surface area contributed by atoms with E-state index in [0.29, 0.717) is 30.9 Å². The van der Waals surface area contributed by atoms with E-state index in [2.05, 4.69) is 51.2 Å². The maximum atomic E-state index is 14.6. The second-order valence-electron chi connectivity index (χ2n) is 8.43. The van der Waals surface area contributed by atoms with E-state index in [1.54, 1.807) is 6.07 Å². The zero-order chi connectivity index (χ0) is 21.8. The highest BCUT2D eigenvalue weighted by molar-refractivity contribution is 5.84. The normalized spacial score (nSPS) is 21.1. The molecule has 1 unspecified atom stereocenters. The second kappa shape index (κ2) is 7.29. The summed E-state index contributed by atoms with van der Waals surface area (Å²) in [5.74, 6) is -0.431. The van der Waals surface area contributed by atoms with Gasteiger partial charge in [0.1, 0.15) is 17.3 Å². The number of nitriles is 1. The Kier molecular flexibility index (Phi) is 4.38. The minimum absolute atomic E-state index is 0.0394. The maximum Gasteiger partial charge on any atom is 0.171 e. The van der Waals surface area contributed by atoms with Crippen LogP contribution in [0, 0.1) is 17.1 Å². The molecular weight excluding hydrogens is 409 g/mol. The predicted molar refractivity (Wildman–Crippen MR) is 117 cm³/mol. The molecule has 0 bridgehead atoms. The summed E-state index contributed by atoms with van der Waals surface area (Å²) < 4.78 is 24.0. The zero-order valence-electron chi connectivity index (χ0n) is 17.6. The number of aromatic nitrogens is 4. The van der Waals surface area contributed by atoms with Gasteiger partial charge in [-0.3, -0.25) is 4.68 Å². The van der Waals surface area contributed by atoms with E-state index in [1.807, 2.05) is 6.07 Å². The Morgan fingerprint density at radius 1 is 1.28 bits per heavy atom. The molecule has 2 atom stereocenters. The molecular formula is C23H22FN7O. The smallest absolute Gasteiger partial charge is 0.171 e. The van der Waals surface area contributed by atoms with Gasteiger partial charge in [-0.15, -0.1) is 0 Å². The lowest BCUT2D eigenvalue weighted by atomic mass is 10.0. The maximum absolute atomic E-state index is 14.6. The zero-order valence-corrected chi connectivity index (χ0v) is 17.6. The minimum Gasteiger partial charge on any atom is -0.371 e. The van der Waals surface area contributed by atoms with Gasteiger partial charge in [0, 0.05) is 25.0 Å². The van der Waals surface area contributed by atoms with Gasteiger partial charge in [-0.1, -0.05) is 12.1 Å². The summed E-state index contributed by atoms with van der Waals surface area (Å²) in [4.78, 5) is 2.14. The second-order valence-corrected chi connectivity index (χ2v) is 8.43. The van der Waals surface area contributed by atoms with Gasteiger partial charge in [0.15, 0.2) is 5.82 Å². The molecule has 0 radical (unpaired) electrons. The summed E-state index contributed by atoms with van der Waals surface area (Å²) in [5, 5.41) is 22.8. The lowest BCUT2D eigenvalue weighted by Crippen LogP contribution is -2.36. The first kappa shape index (κ1) is 19.2. The van der Waals surface area contributed by atoms with E-state index < -0.39 is 5.82 Å². The Bertz CT molecular complexity index is 1380. The number of nitrogens with one attached hydrogen (secondary N) is 1. The van der Waals surface area contributed by atoms with Gasteiger partial charge in [-0.05, 0) is 30.7 Å². The van der Waals surface area contributed by atoms with Crippen LogP contribution in [0.15, 0.2) is 36.5 Å². The standard InChI is InChI=1S/C23H22FN7O/c1-14-12-29(20-5-3-16(9-25)31-23(20)18(24)10-27-31)13-21-17-4-2-15(8-19(17)28-30(14)21)22-11-26-6-7-32-22/h2-5,8,10,14,22,26H,6-7,11-13H2,1H3/t14-,22?/m1/s1. The van der Waals surface area contributed by atoms with Crippen molar-refractivity contribution in [1.82, 2.24) is 24.7 Å². The summed E-state index contributed by atoms with van der Waals surface area (Å²) in [6.45, 7) is 5.77. The molecule has 0 aliphatic carbocycles. The van der Waals surface area contributed by atoms with Crippen molar-refractivity contribution in [2.45, 2.75) is 25.6 Å². The molecule has 8 nitrogen and oxygen atoms in total. The molecule has 0 amide bonds. The molecule has 162 valence electrons. The highest BCUT2D eigenvalue weighted by Crippen LogP contribution is 2.34. The molecule has 0 saturated carbocycles. The Morgan fingerprint density at radius 2 is 2.19 bits per heavy atom. The van der Waals surface area contributed by atoms with Crippen LogP contribution in [0.2, 0.25) is 0 Å². The molecule has 3 aromatic heterocycles. The average Bonchev–Trinajstić information content (AvgIpc) is 3.40. The summed E-state index contributed by atoms with van der Waals surface area (Å²) in [6, 6.07) is 12.0. The van der Waals surface area contributed by atoms with Gasteiger partial charge in [-0.25, -0.2) is 8.91 Å². The molecule has 1 saturated heterocycles. The molecule has 2 aliphatic heterocycles. The minimum atomic E-state index is -0.431. The SMILES string of the molecule is C[C@@H]1CN(c2ccc(C#N)n3ncc(F)c23)Cc2c3ccc(C4CNCCO4)cc3nn21. The highest BCUT2D eigenvalue weighted by Gasteiger charge is 2.28. The fourth-order valence-corrected chi connectivity index (χ4v) is 4.89. The van der Waals surface area contributed by atoms with Crippen molar-refractivity contribution >= 4 is 22.1 Å². The number of rotatable bonds is 2. The third-order valence-corrected chi connectivity index (χ3v) is 6.42. The molecule has 6 rings (SSSR count). The number of fused-ring (bicyclic) bond motifs is 4. The summed E-state index contributed by atoms with van der Waals surface area (Å²) >= 11 is 0. The van der Waals surface area contributed by atoms with Gasteiger partial charge in [-0.2, -0.15) is 15.5 Å². The van der Waals surface area contributed by atoms with Crippen LogP contribution < -0.4 is 10.2 Å². The lowest BCUT2D eigenvalue weighted by Gasteiger charge is -2.34. The quantitative estimate of drug-likeness (QED) is 0.526. The number of benzene rings is 1. The van der Waals surface area contributed by atoms with Gasteiger partial charge in [0.25, 0.3) is 0 Å². The van der Waals surface area contributed by atoms with Gasteiger partial charge < -0.3 is 15.0 Å². The topological polar surface area (TPSA) is 83.4 Å². The number of morpholine rings is 1. The summed E-state index contributed by atoms with van der Waals surface area (Å²) in [6.07, 6.45) is 1.20. The number of ether oxygens (including phenoxy) is 1. The number of hydrogen-bond donors (Lipinski definition) is 1. The monoisotopic (exact) mass is 431 g/mol. The number of anilines is 1. The Labute approximate surface area is 183 Å².